The van der Waals surface area contributed by atoms with E-state index >= 15 is 0 Å². The Labute approximate surface area is 113 Å². The van der Waals surface area contributed by atoms with Crippen LogP contribution in [0.3, 0.4) is 0 Å². The minimum absolute atomic E-state index is 0.0442. The van der Waals surface area contributed by atoms with Crippen LogP contribution in [0.1, 0.15) is 5.01 Å². The third-order valence-electron chi connectivity index (χ3n) is 1.69. The predicted octanol–water partition coefficient (Wildman–Crippen LogP) is 3.06. The fraction of sp³-hybridized carbons (Fsp3) is 0.125. The van der Waals surface area contributed by atoms with Crippen LogP contribution < -0.4 is 0 Å². The van der Waals surface area contributed by atoms with Crippen molar-refractivity contribution >= 4 is 44.7 Å². The second-order valence-electron chi connectivity index (χ2n) is 2.92. The first-order chi connectivity index (χ1) is 8.06. The van der Waals surface area contributed by atoms with E-state index in [4.69, 9.17) is 0 Å². The Morgan fingerprint density at radius 3 is 2.88 bits per heavy atom. The van der Waals surface area contributed by atoms with Crippen LogP contribution in [0.4, 0.5) is 5.69 Å². The molecule has 2 aromatic rings. The van der Waals surface area contributed by atoms with Crippen molar-refractivity contribution in [3.8, 4) is 0 Å². The highest BCUT2D eigenvalue weighted by atomic mass is 79.9. The minimum atomic E-state index is -0.464. The van der Waals surface area contributed by atoms with Gasteiger partial charge < -0.3 is 0 Å². The van der Waals surface area contributed by atoms with E-state index in [1.807, 2.05) is 6.92 Å². The van der Waals surface area contributed by atoms with E-state index in [0.29, 0.717) is 13.8 Å². The average Bonchev–Trinajstić information content (AvgIpc) is 2.66. The summed E-state index contributed by atoms with van der Waals surface area (Å²) in [6.07, 6.45) is 1.52. The van der Waals surface area contributed by atoms with Crippen molar-refractivity contribution < 1.29 is 4.92 Å². The van der Waals surface area contributed by atoms with Crippen molar-refractivity contribution in [2.45, 2.75) is 16.3 Å². The van der Waals surface area contributed by atoms with Gasteiger partial charge in [-0.2, -0.15) is 0 Å². The lowest BCUT2D eigenvalue weighted by Crippen LogP contribution is -1.93. The molecule has 0 spiro atoms. The molecular weight excluding hydrogens is 328 g/mol. The van der Waals surface area contributed by atoms with E-state index in [1.165, 1.54) is 23.6 Å². The van der Waals surface area contributed by atoms with Gasteiger partial charge in [0, 0.05) is 16.7 Å². The minimum Gasteiger partial charge on any atom is -0.258 e. The van der Waals surface area contributed by atoms with Crippen LogP contribution in [-0.2, 0) is 0 Å². The summed E-state index contributed by atoms with van der Waals surface area (Å²) in [7, 11) is 0. The number of nitro groups is 1. The zero-order valence-electron chi connectivity index (χ0n) is 8.45. The summed E-state index contributed by atoms with van der Waals surface area (Å²) in [5, 5.41) is 19.7. The van der Waals surface area contributed by atoms with Crippen molar-refractivity contribution in [2.24, 2.45) is 0 Å². The summed E-state index contributed by atoms with van der Waals surface area (Å²) >= 11 is 5.67. The Balaban J connectivity index is 2.35. The second kappa shape index (κ2) is 5.07. The Hall–Kier alpha value is -1.06. The molecule has 0 radical (unpaired) electrons. The van der Waals surface area contributed by atoms with Crippen molar-refractivity contribution in [1.29, 1.82) is 0 Å². The first-order valence-electron chi connectivity index (χ1n) is 4.34. The van der Waals surface area contributed by atoms with Gasteiger partial charge in [0.05, 0.1) is 4.92 Å². The molecular formula is C8H5BrN4O2S2. The zero-order valence-corrected chi connectivity index (χ0v) is 11.7. The summed E-state index contributed by atoms with van der Waals surface area (Å²) in [5.74, 6) is 0. The number of hydrogen-bond donors (Lipinski definition) is 0. The number of aromatic nitrogens is 3. The molecule has 0 N–H and O–H groups in total. The summed E-state index contributed by atoms with van der Waals surface area (Å²) < 4.78 is 1.21. The Bertz CT molecular complexity index is 574. The highest BCUT2D eigenvalue weighted by Crippen LogP contribution is 2.35. The molecule has 2 heterocycles. The highest BCUT2D eigenvalue weighted by molar-refractivity contribution is 9.10. The lowest BCUT2D eigenvalue weighted by molar-refractivity contribution is -0.388. The summed E-state index contributed by atoms with van der Waals surface area (Å²) in [4.78, 5) is 14.4. The topological polar surface area (TPSA) is 81.8 Å². The van der Waals surface area contributed by atoms with E-state index in [0.717, 1.165) is 16.8 Å². The number of nitrogens with zero attached hydrogens (tertiary/aromatic N) is 4. The molecule has 0 bridgehead atoms. The van der Waals surface area contributed by atoms with Crippen molar-refractivity contribution in [3.63, 3.8) is 0 Å². The summed E-state index contributed by atoms with van der Waals surface area (Å²) in [6.45, 7) is 1.82. The Kier molecular flexibility index (Phi) is 3.69. The molecule has 0 aromatic carbocycles. The van der Waals surface area contributed by atoms with E-state index in [9.17, 15) is 10.1 Å². The molecule has 6 nitrogen and oxygen atoms in total. The molecule has 88 valence electrons. The third-order valence-corrected chi connectivity index (χ3v) is 4.02. The fourth-order valence-electron chi connectivity index (χ4n) is 1.03. The van der Waals surface area contributed by atoms with Crippen LogP contribution in [0.2, 0.25) is 0 Å². The average molecular weight is 333 g/mol. The second-order valence-corrected chi connectivity index (χ2v) is 6.26. The molecule has 0 fully saturated rings. The van der Waals surface area contributed by atoms with Gasteiger partial charge in [0.25, 0.3) is 0 Å². The SMILES string of the molecule is Cc1nnc(Sc2ncc(Br)cc2[N+](=O)[O-])s1. The van der Waals surface area contributed by atoms with Gasteiger partial charge in [-0.15, -0.1) is 10.2 Å². The maximum atomic E-state index is 10.9. The van der Waals surface area contributed by atoms with Gasteiger partial charge in [-0.1, -0.05) is 11.3 Å². The van der Waals surface area contributed by atoms with Crippen LogP contribution >= 0.6 is 39.0 Å². The van der Waals surface area contributed by atoms with Crippen LogP contribution in [0.25, 0.3) is 0 Å². The lowest BCUT2D eigenvalue weighted by atomic mass is 10.4. The van der Waals surface area contributed by atoms with Crippen LogP contribution in [0, 0.1) is 17.0 Å². The van der Waals surface area contributed by atoms with E-state index in [-0.39, 0.29) is 5.69 Å². The van der Waals surface area contributed by atoms with Gasteiger partial charge in [0.15, 0.2) is 9.37 Å². The monoisotopic (exact) mass is 332 g/mol. The molecule has 2 rings (SSSR count). The number of aryl methyl sites for hydroxylation is 1. The maximum Gasteiger partial charge on any atom is 0.302 e. The van der Waals surface area contributed by atoms with Crippen LogP contribution in [0.5, 0.6) is 0 Å². The maximum absolute atomic E-state index is 10.9. The molecule has 9 heteroatoms. The number of pyridine rings is 1. The van der Waals surface area contributed by atoms with Crippen LogP contribution in [-0.4, -0.2) is 20.1 Å². The molecule has 17 heavy (non-hydrogen) atoms. The van der Waals surface area contributed by atoms with Gasteiger partial charge in [-0.3, -0.25) is 10.1 Å². The van der Waals surface area contributed by atoms with E-state index in [1.54, 1.807) is 0 Å². The number of rotatable bonds is 3. The van der Waals surface area contributed by atoms with Crippen molar-refractivity contribution in [3.05, 3.63) is 31.9 Å². The quantitative estimate of drug-likeness (QED) is 0.634. The molecule has 0 saturated heterocycles. The normalized spacial score (nSPS) is 10.5. The summed E-state index contributed by atoms with van der Waals surface area (Å²) in [5.41, 5.74) is -0.0442. The standard InChI is InChI=1S/C8H5BrN4O2S2/c1-4-11-12-8(16-4)17-7-6(13(14)15)2-5(9)3-10-7/h2-3H,1H3. The fourth-order valence-corrected chi connectivity index (χ4v) is 3.12. The molecule has 2 aromatic heterocycles. The third kappa shape index (κ3) is 2.99. The molecule has 0 atom stereocenters. The Morgan fingerprint density at radius 2 is 2.29 bits per heavy atom. The summed E-state index contributed by atoms with van der Waals surface area (Å²) in [6, 6.07) is 1.42. The largest absolute Gasteiger partial charge is 0.302 e. The lowest BCUT2D eigenvalue weighted by Gasteiger charge is -1.99. The van der Waals surface area contributed by atoms with Gasteiger partial charge >= 0.3 is 5.69 Å². The number of halogens is 1. The molecule has 0 unspecified atom stereocenters. The zero-order chi connectivity index (χ0) is 12.4. The smallest absolute Gasteiger partial charge is 0.258 e. The predicted molar refractivity (Wildman–Crippen MR) is 67.4 cm³/mol. The van der Waals surface area contributed by atoms with E-state index < -0.39 is 4.92 Å². The van der Waals surface area contributed by atoms with Gasteiger partial charge in [0.2, 0.25) is 0 Å². The van der Waals surface area contributed by atoms with Gasteiger partial charge in [0.1, 0.15) is 5.01 Å². The molecule has 0 aliphatic heterocycles. The first kappa shape index (κ1) is 12.4. The highest BCUT2D eigenvalue weighted by Gasteiger charge is 2.18. The van der Waals surface area contributed by atoms with E-state index in [2.05, 4.69) is 31.1 Å². The molecule has 0 aliphatic rings. The number of hydrogen-bond acceptors (Lipinski definition) is 7. The first-order valence-corrected chi connectivity index (χ1v) is 6.77. The van der Waals surface area contributed by atoms with Crippen LogP contribution in [0.15, 0.2) is 26.1 Å². The Morgan fingerprint density at radius 1 is 1.53 bits per heavy atom. The van der Waals surface area contributed by atoms with Gasteiger partial charge in [-0.25, -0.2) is 4.98 Å². The molecule has 0 aliphatic carbocycles. The van der Waals surface area contributed by atoms with Crippen molar-refractivity contribution in [2.75, 3.05) is 0 Å². The molecule has 0 saturated carbocycles. The molecule has 0 amide bonds. The van der Waals surface area contributed by atoms with Crippen molar-refractivity contribution in [1.82, 2.24) is 15.2 Å². The van der Waals surface area contributed by atoms with Gasteiger partial charge in [-0.05, 0) is 34.6 Å².